The Kier molecular flexibility index (Phi) is 4.72. The highest BCUT2D eigenvalue weighted by atomic mass is 127. The second-order valence-electron chi connectivity index (χ2n) is 3.78. The molecule has 0 amide bonds. The maximum absolute atomic E-state index is 5.13. The number of halogens is 2. The van der Waals surface area contributed by atoms with Gasteiger partial charge < -0.3 is 10.1 Å². The molecule has 0 aromatic carbocycles. The van der Waals surface area contributed by atoms with Gasteiger partial charge in [-0.1, -0.05) is 0 Å². The number of ether oxygens (including phenoxy) is 1. The summed E-state index contributed by atoms with van der Waals surface area (Å²) in [6, 6.07) is 0. The van der Waals surface area contributed by atoms with Crippen LogP contribution in [0.4, 0.5) is 5.82 Å². The summed E-state index contributed by atoms with van der Waals surface area (Å²) in [7, 11) is 1.68. The molecule has 1 rings (SSSR count). The van der Waals surface area contributed by atoms with Gasteiger partial charge in [0.2, 0.25) is 0 Å². The van der Waals surface area contributed by atoms with Crippen molar-refractivity contribution in [3.05, 3.63) is 14.5 Å². The maximum atomic E-state index is 5.13. The van der Waals surface area contributed by atoms with Crippen LogP contribution in [0.25, 0.3) is 0 Å². The summed E-state index contributed by atoms with van der Waals surface area (Å²) in [5.41, 5.74) is -0.158. The molecule has 1 aromatic rings. The third-order valence-corrected chi connectivity index (χ3v) is 2.78. The molecule has 0 fully saturated rings. The molecule has 6 heteroatoms. The third-order valence-electron chi connectivity index (χ3n) is 1.68. The number of rotatable bonds is 4. The van der Waals surface area contributed by atoms with Crippen molar-refractivity contribution in [1.29, 1.82) is 0 Å². The van der Waals surface area contributed by atoms with Gasteiger partial charge in [0.1, 0.15) is 5.82 Å². The predicted octanol–water partition coefficient (Wildman–Crippen LogP) is 2.68. The van der Waals surface area contributed by atoms with Crippen LogP contribution in [0.5, 0.6) is 0 Å². The minimum atomic E-state index is -0.158. The number of anilines is 1. The fraction of sp³-hybridized carbons (Fsp3) is 0.556. The Morgan fingerprint density at radius 1 is 1.60 bits per heavy atom. The van der Waals surface area contributed by atoms with E-state index in [2.05, 4.69) is 67.7 Å². The Morgan fingerprint density at radius 3 is 2.87 bits per heavy atom. The zero-order chi connectivity index (χ0) is 11.5. The van der Waals surface area contributed by atoms with E-state index >= 15 is 0 Å². The van der Waals surface area contributed by atoms with Gasteiger partial charge >= 0.3 is 0 Å². The molecule has 15 heavy (non-hydrogen) atoms. The van der Waals surface area contributed by atoms with Gasteiger partial charge in [0.25, 0.3) is 0 Å². The maximum Gasteiger partial charge on any atom is 0.192 e. The second kappa shape index (κ2) is 5.40. The molecule has 0 aliphatic rings. The van der Waals surface area contributed by atoms with E-state index in [4.69, 9.17) is 4.74 Å². The Morgan fingerprint density at radius 2 is 2.27 bits per heavy atom. The van der Waals surface area contributed by atoms with Crippen molar-refractivity contribution in [1.82, 2.24) is 9.97 Å². The molecular weight excluding hydrogens is 373 g/mol. The fourth-order valence-corrected chi connectivity index (χ4v) is 1.82. The summed E-state index contributed by atoms with van der Waals surface area (Å²) in [4.78, 5) is 8.37. The van der Waals surface area contributed by atoms with Crippen molar-refractivity contribution in [3.63, 3.8) is 0 Å². The van der Waals surface area contributed by atoms with Gasteiger partial charge in [-0.3, -0.25) is 0 Å². The first-order valence-corrected chi connectivity index (χ1v) is 6.27. The molecule has 84 valence electrons. The van der Waals surface area contributed by atoms with Gasteiger partial charge in [0.05, 0.1) is 16.6 Å². The van der Waals surface area contributed by atoms with Gasteiger partial charge in [0.15, 0.2) is 3.83 Å². The lowest BCUT2D eigenvalue weighted by Crippen LogP contribution is -2.36. The number of methoxy groups -OCH3 is 1. The molecule has 0 saturated carbocycles. The van der Waals surface area contributed by atoms with E-state index in [-0.39, 0.29) is 5.54 Å². The second-order valence-corrected chi connectivity index (χ2v) is 5.60. The lowest BCUT2D eigenvalue weighted by atomic mass is 10.1. The Bertz CT molecular complexity index is 346. The minimum absolute atomic E-state index is 0.158. The van der Waals surface area contributed by atoms with E-state index in [9.17, 15) is 0 Å². The van der Waals surface area contributed by atoms with E-state index in [0.717, 1.165) is 10.3 Å². The molecule has 0 aliphatic heterocycles. The van der Waals surface area contributed by atoms with Crippen LogP contribution in [0, 0.1) is 3.83 Å². The number of nitrogens with one attached hydrogen (secondary N) is 1. The smallest absolute Gasteiger partial charge is 0.192 e. The number of aromatic nitrogens is 2. The monoisotopic (exact) mass is 385 g/mol. The predicted molar refractivity (Wildman–Crippen MR) is 72.0 cm³/mol. The zero-order valence-electron chi connectivity index (χ0n) is 8.84. The standard InChI is InChI=1S/C9H13BrIN3O/c1-9(2,5-15-3)14-7-6(10)4-12-8(11)13-7/h4H,5H2,1-3H3,(H,12,13,14). The summed E-state index contributed by atoms with van der Waals surface area (Å²) in [6.07, 6.45) is 1.74. The molecule has 1 heterocycles. The SMILES string of the molecule is COCC(C)(C)Nc1nc(I)ncc1Br. The van der Waals surface area contributed by atoms with Gasteiger partial charge in [-0.25, -0.2) is 9.97 Å². The molecule has 0 bridgehead atoms. The van der Waals surface area contributed by atoms with Gasteiger partial charge in [-0.05, 0) is 29.8 Å². The quantitative estimate of drug-likeness (QED) is 0.639. The molecule has 0 saturated heterocycles. The van der Waals surface area contributed by atoms with Crippen LogP contribution in [0.2, 0.25) is 0 Å². The van der Waals surface area contributed by atoms with Crippen LogP contribution < -0.4 is 5.32 Å². The van der Waals surface area contributed by atoms with Gasteiger partial charge in [-0.15, -0.1) is 0 Å². The normalized spacial score (nSPS) is 11.5. The van der Waals surface area contributed by atoms with Crippen molar-refractivity contribution in [2.75, 3.05) is 19.0 Å². The van der Waals surface area contributed by atoms with Crippen LogP contribution in [0.15, 0.2) is 10.7 Å². The molecule has 0 atom stereocenters. The van der Waals surface area contributed by atoms with Gasteiger partial charge in [0, 0.05) is 35.9 Å². The van der Waals surface area contributed by atoms with E-state index in [0.29, 0.717) is 10.4 Å². The summed E-state index contributed by atoms with van der Waals surface area (Å²) < 4.78 is 6.69. The highest BCUT2D eigenvalue weighted by molar-refractivity contribution is 14.1. The Balaban J connectivity index is 2.83. The van der Waals surface area contributed by atoms with Crippen LogP contribution in [-0.4, -0.2) is 29.2 Å². The van der Waals surface area contributed by atoms with Gasteiger partial charge in [-0.2, -0.15) is 0 Å². The van der Waals surface area contributed by atoms with Crippen LogP contribution >= 0.6 is 38.5 Å². The number of hydrogen-bond acceptors (Lipinski definition) is 4. The molecule has 0 aliphatic carbocycles. The van der Waals surface area contributed by atoms with Crippen LogP contribution in [0.1, 0.15) is 13.8 Å². The Labute approximate surface area is 111 Å². The summed E-state index contributed by atoms with van der Waals surface area (Å²) >= 11 is 5.48. The van der Waals surface area contributed by atoms with Crippen molar-refractivity contribution in [2.45, 2.75) is 19.4 Å². The summed E-state index contributed by atoms with van der Waals surface area (Å²) in [6.45, 7) is 4.72. The van der Waals surface area contributed by atoms with E-state index in [1.165, 1.54) is 0 Å². The van der Waals surface area contributed by atoms with Crippen molar-refractivity contribution < 1.29 is 4.74 Å². The number of nitrogens with zero attached hydrogens (tertiary/aromatic N) is 2. The molecule has 0 radical (unpaired) electrons. The lowest BCUT2D eigenvalue weighted by Gasteiger charge is -2.26. The zero-order valence-corrected chi connectivity index (χ0v) is 12.6. The molecule has 0 unspecified atom stereocenters. The van der Waals surface area contributed by atoms with E-state index < -0.39 is 0 Å². The third kappa shape index (κ3) is 4.20. The molecule has 4 nitrogen and oxygen atoms in total. The van der Waals surface area contributed by atoms with Crippen molar-refractivity contribution in [2.24, 2.45) is 0 Å². The largest absolute Gasteiger partial charge is 0.382 e. The molecule has 0 spiro atoms. The number of hydrogen-bond donors (Lipinski definition) is 1. The summed E-state index contributed by atoms with van der Waals surface area (Å²) in [5.74, 6) is 0.788. The average Bonchev–Trinajstić information content (AvgIpc) is 2.10. The topological polar surface area (TPSA) is 47.0 Å². The molecular formula is C9H13BrIN3O. The van der Waals surface area contributed by atoms with Crippen molar-refractivity contribution >= 4 is 44.3 Å². The first-order valence-electron chi connectivity index (χ1n) is 4.40. The van der Waals surface area contributed by atoms with E-state index in [1.807, 2.05) is 0 Å². The molecule has 1 N–H and O–H groups in total. The first-order chi connectivity index (χ1) is 6.94. The molecule has 1 aromatic heterocycles. The first kappa shape index (κ1) is 13.1. The highest BCUT2D eigenvalue weighted by Gasteiger charge is 2.19. The fourth-order valence-electron chi connectivity index (χ4n) is 1.15. The van der Waals surface area contributed by atoms with Crippen molar-refractivity contribution in [3.8, 4) is 0 Å². The highest BCUT2D eigenvalue weighted by Crippen LogP contribution is 2.22. The van der Waals surface area contributed by atoms with Crippen LogP contribution in [0.3, 0.4) is 0 Å². The lowest BCUT2D eigenvalue weighted by molar-refractivity contribution is 0.158. The van der Waals surface area contributed by atoms with Crippen LogP contribution in [-0.2, 0) is 4.74 Å². The average molecular weight is 386 g/mol. The Hall–Kier alpha value is 0.0500. The minimum Gasteiger partial charge on any atom is -0.382 e. The van der Waals surface area contributed by atoms with E-state index in [1.54, 1.807) is 13.3 Å². The summed E-state index contributed by atoms with van der Waals surface area (Å²) in [5, 5.41) is 3.30.